The molecule has 0 fully saturated rings. The molecule has 2 aromatic carbocycles. The van der Waals surface area contributed by atoms with Crippen LogP contribution in [0.15, 0.2) is 41.5 Å². The van der Waals surface area contributed by atoms with Crippen LogP contribution in [0.25, 0.3) is 10.9 Å². The van der Waals surface area contributed by atoms with Gasteiger partial charge in [-0.3, -0.25) is 9.48 Å². The molecule has 1 amide bonds. The van der Waals surface area contributed by atoms with Crippen molar-refractivity contribution >= 4 is 22.6 Å². The van der Waals surface area contributed by atoms with E-state index >= 15 is 0 Å². The van der Waals surface area contributed by atoms with Gasteiger partial charge >= 0.3 is 5.92 Å². The van der Waals surface area contributed by atoms with Crippen molar-refractivity contribution in [3.05, 3.63) is 64.3 Å². The van der Waals surface area contributed by atoms with Gasteiger partial charge in [-0.1, -0.05) is 31.2 Å². The van der Waals surface area contributed by atoms with Gasteiger partial charge in [-0.15, -0.1) is 0 Å². The number of hydrazone groups is 1. The third-order valence-corrected chi connectivity index (χ3v) is 5.09. The number of carbonyl (C=O) groups excluding carboxylic acids is 1. The lowest BCUT2D eigenvalue weighted by atomic mass is 9.98. The van der Waals surface area contributed by atoms with Crippen molar-refractivity contribution in [1.82, 2.24) is 15.2 Å². The minimum Gasteiger partial charge on any atom is -0.366 e. The summed E-state index contributed by atoms with van der Waals surface area (Å²) < 4.78 is 31.1. The maximum atomic E-state index is 14.8. The zero-order chi connectivity index (χ0) is 22.1. The predicted molar refractivity (Wildman–Crippen MR) is 111 cm³/mol. The van der Waals surface area contributed by atoms with E-state index in [1.54, 1.807) is 29.8 Å². The van der Waals surface area contributed by atoms with Crippen molar-refractivity contribution in [2.24, 2.45) is 22.5 Å². The van der Waals surface area contributed by atoms with E-state index in [9.17, 15) is 13.6 Å². The number of nitrogens with zero attached hydrogens (tertiary/aromatic N) is 3. The van der Waals surface area contributed by atoms with E-state index in [1.165, 1.54) is 12.1 Å². The minimum absolute atomic E-state index is 0.203. The highest BCUT2D eigenvalue weighted by Gasteiger charge is 2.39. The molecule has 0 atom stereocenters. The molecule has 0 bridgehead atoms. The third-order valence-electron chi connectivity index (χ3n) is 5.09. The predicted octanol–water partition coefficient (Wildman–Crippen LogP) is 1.88. The van der Waals surface area contributed by atoms with Crippen LogP contribution in [0.1, 0.15) is 39.7 Å². The Morgan fingerprint density at radius 2 is 2.03 bits per heavy atom. The van der Waals surface area contributed by atoms with Crippen LogP contribution in [-0.4, -0.2) is 21.5 Å². The molecule has 30 heavy (non-hydrogen) atoms. The van der Waals surface area contributed by atoms with Crippen LogP contribution in [0.4, 0.5) is 8.78 Å². The molecule has 0 aliphatic rings. The second-order valence-electron chi connectivity index (χ2n) is 6.83. The van der Waals surface area contributed by atoms with Crippen molar-refractivity contribution in [3.8, 4) is 0 Å². The Morgan fingerprint density at radius 3 is 2.63 bits per heavy atom. The number of hydrogen-bond acceptors (Lipinski definition) is 5. The quantitative estimate of drug-likeness (QED) is 0.211. The summed E-state index contributed by atoms with van der Waals surface area (Å²) in [7, 11) is 0. The number of rotatable bonds is 6. The summed E-state index contributed by atoms with van der Waals surface area (Å²) in [6.07, 6.45) is 0.677. The Balaban J connectivity index is 2.17. The summed E-state index contributed by atoms with van der Waals surface area (Å²) in [5.74, 6) is 5.22. The monoisotopic (exact) mass is 415 g/mol. The highest BCUT2D eigenvalue weighted by Crippen LogP contribution is 2.32. The van der Waals surface area contributed by atoms with Crippen LogP contribution >= 0.6 is 0 Å². The Labute approximate surface area is 171 Å². The molecule has 10 heteroatoms. The SMILES string of the molecule is CCc1cccc(C(N)=O)c1Cn1nc(C)c2ccc(C(F)(F)/C(=N/N)NN)cc21. The Hall–Kier alpha value is -3.53. The number of benzene rings is 2. The fourth-order valence-electron chi connectivity index (χ4n) is 3.53. The number of aromatic nitrogens is 2. The number of alkyl halides is 2. The summed E-state index contributed by atoms with van der Waals surface area (Å²) in [5, 5.41) is 8.24. The average molecular weight is 415 g/mol. The lowest BCUT2D eigenvalue weighted by Crippen LogP contribution is -2.43. The van der Waals surface area contributed by atoms with Crippen LogP contribution in [0, 0.1) is 6.92 Å². The van der Waals surface area contributed by atoms with E-state index in [4.69, 9.17) is 17.4 Å². The molecule has 1 aromatic heterocycles. The average Bonchev–Trinajstić information content (AvgIpc) is 3.03. The first kappa shape index (κ1) is 21.2. The fourth-order valence-corrected chi connectivity index (χ4v) is 3.53. The molecule has 7 N–H and O–H groups in total. The molecule has 0 aliphatic heterocycles. The number of nitrogens with two attached hydrogens (primary N) is 3. The van der Waals surface area contributed by atoms with E-state index in [1.807, 2.05) is 18.4 Å². The molecule has 1 heterocycles. The zero-order valence-corrected chi connectivity index (χ0v) is 16.6. The maximum absolute atomic E-state index is 14.8. The summed E-state index contributed by atoms with van der Waals surface area (Å²) in [6.45, 7) is 3.95. The van der Waals surface area contributed by atoms with Gasteiger partial charge in [-0.2, -0.15) is 19.0 Å². The highest BCUT2D eigenvalue weighted by molar-refractivity contribution is 5.95. The fraction of sp³-hybridized carbons (Fsp3) is 0.250. The van der Waals surface area contributed by atoms with Crippen LogP contribution in [-0.2, 0) is 18.9 Å². The van der Waals surface area contributed by atoms with Gasteiger partial charge in [0.25, 0.3) is 0 Å². The molecule has 0 aliphatic carbocycles. The van der Waals surface area contributed by atoms with Gasteiger partial charge in [-0.25, -0.2) is 5.84 Å². The van der Waals surface area contributed by atoms with Gasteiger partial charge in [0, 0.05) is 16.5 Å². The molecular formula is C20H23F2N7O. The molecule has 0 unspecified atom stereocenters. The molecular weight excluding hydrogens is 392 g/mol. The molecule has 158 valence electrons. The van der Waals surface area contributed by atoms with Crippen LogP contribution in [0.3, 0.4) is 0 Å². The minimum atomic E-state index is -3.53. The van der Waals surface area contributed by atoms with Crippen LogP contribution < -0.4 is 22.8 Å². The zero-order valence-electron chi connectivity index (χ0n) is 16.6. The van der Waals surface area contributed by atoms with E-state index in [0.717, 1.165) is 5.56 Å². The summed E-state index contributed by atoms with van der Waals surface area (Å²) in [4.78, 5) is 11.9. The van der Waals surface area contributed by atoms with Crippen molar-refractivity contribution in [2.45, 2.75) is 32.7 Å². The van der Waals surface area contributed by atoms with E-state index in [2.05, 4.69) is 10.2 Å². The van der Waals surface area contributed by atoms with E-state index < -0.39 is 17.7 Å². The number of carbonyl (C=O) groups is 1. The van der Waals surface area contributed by atoms with Crippen molar-refractivity contribution < 1.29 is 13.6 Å². The number of hydrazine groups is 1. The van der Waals surface area contributed by atoms with E-state index in [0.29, 0.717) is 34.1 Å². The van der Waals surface area contributed by atoms with Crippen molar-refractivity contribution in [1.29, 1.82) is 0 Å². The molecule has 0 saturated carbocycles. The van der Waals surface area contributed by atoms with Gasteiger partial charge in [0.1, 0.15) is 0 Å². The van der Waals surface area contributed by atoms with Crippen molar-refractivity contribution in [2.75, 3.05) is 0 Å². The first-order valence-electron chi connectivity index (χ1n) is 9.25. The van der Waals surface area contributed by atoms with Crippen molar-refractivity contribution in [3.63, 3.8) is 0 Å². The van der Waals surface area contributed by atoms with E-state index in [-0.39, 0.29) is 12.1 Å². The Morgan fingerprint density at radius 1 is 1.30 bits per heavy atom. The number of amides is 1. The largest absolute Gasteiger partial charge is 0.366 e. The molecule has 0 spiro atoms. The van der Waals surface area contributed by atoms with Gasteiger partial charge in [0.05, 0.1) is 17.8 Å². The molecule has 0 saturated heterocycles. The number of amidine groups is 1. The standard InChI is InChI=1S/C20H23F2N7O/c1-3-12-5-4-6-15(18(23)30)16(12)10-29-17-9-13(7-8-14(17)11(2)28-29)20(21,22)19(26-24)27-25/h4-9H,3,10,24-25H2,1-2H3,(H2,23,30)(H,26,27). The smallest absolute Gasteiger partial charge is 0.332 e. The first-order chi connectivity index (χ1) is 14.2. The molecule has 0 radical (unpaired) electrons. The summed E-state index contributed by atoms with van der Waals surface area (Å²) in [6, 6.07) is 9.46. The third kappa shape index (κ3) is 3.57. The number of hydrogen-bond donors (Lipinski definition) is 4. The topological polar surface area (TPSA) is 137 Å². The summed E-state index contributed by atoms with van der Waals surface area (Å²) >= 11 is 0. The highest BCUT2D eigenvalue weighted by atomic mass is 19.3. The molecule has 3 aromatic rings. The normalized spacial score (nSPS) is 12.4. The second-order valence-corrected chi connectivity index (χ2v) is 6.83. The van der Waals surface area contributed by atoms with Gasteiger partial charge in [0.2, 0.25) is 11.7 Å². The number of halogens is 2. The maximum Gasteiger partial charge on any atom is 0.332 e. The number of aryl methyl sites for hydroxylation is 2. The lowest BCUT2D eigenvalue weighted by Gasteiger charge is -2.18. The number of primary amides is 1. The van der Waals surface area contributed by atoms with Gasteiger partial charge < -0.3 is 17.0 Å². The Bertz CT molecular complexity index is 1140. The Kier molecular flexibility index (Phi) is 5.70. The number of fused-ring (bicyclic) bond motifs is 1. The number of nitrogens with one attached hydrogen (secondary N) is 1. The molecule has 8 nitrogen and oxygen atoms in total. The van der Waals surface area contributed by atoms with Crippen LogP contribution in [0.2, 0.25) is 0 Å². The summed E-state index contributed by atoms with van der Waals surface area (Å²) in [5.41, 5.74) is 10.2. The lowest BCUT2D eigenvalue weighted by molar-refractivity contribution is 0.0714. The first-order valence-corrected chi connectivity index (χ1v) is 9.25. The molecule has 3 rings (SSSR count). The van der Waals surface area contributed by atoms with Crippen LogP contribution in [0.5, 0.6) is 0 Å². The van der Waals surface area contributed by atoms with Gasteiger partial charge in [-0.05, 0) is 36.6 Å². The van der Waals surface area contributed by atoms with Gasteiger partial charge in [0.15, 0.2) is 0 Å². The second kappa shape index (κ2) is 8.07.